The first-order valence-corrected chi connectivity index (χ1v) is 7.59. The highest BCUT2D eigenvalue weighted by molar-refractivity contribution is 5.82. The molecular weight excluding hydrogens is 272 g/mol. The summed E-state index contributed by atoms with van der Waals surface area (Å²) in [4.78, 5) is 12.5. The summed E-state index contributed by atoms with van der Waals surface area (Å²) in [7, 11) is 0. The Kier molecular flexibility index (Phi) is 5.22. The van der Waals surface area contributed by atoms with E-state index < -0.39 is 11.9 Å². The lowest BCUT2D eigenvalue weighted by Gasteiger charge is -2.27. The van der Waals surface area contributed by atoms with Crippen LogP contribution in [0.25, 0.3) is 0 Å². The fraction of sp³-hybridized carbons (Fsp3) is 0.316. The first kappa shape index (κ1) is 14.8. The Balaban J connectivity index is 2.15. The summed E-state index contributed by atoms with van der Waals surface area (Å²) in [5.74, 6) is -0.759. The van der Waals surface area contributed by atoms with Gasteiger partial charge in [0.05, 0.1) is 7.39 Å². The Labute approximate surface area is 133 Å². The molecule has 3 N–H and O–H groups in total. The van der Waals surface area contributed by atoms with Crippen molar-refractivity contribution in [2.45, 2.75) is 32.3 Å². The first-order chi connectivity index (χ1) is 10.9. The van der Waals surface area contributed by atoms with Crippen molar-refractivity contribution in [1.29, 1.82) is 0 Å². The third kappa shape index (κ3) is 4.18. The lowest BCUT2D eigenvalue weighted by molar-refractivity contribution is -0.123. The van der Waals surface area contributed by atoms with Crippen molar-refractivity contribution in [1.82, 2.24) is 5.32 Å². The number of carbonyl (C=O) groups excluding carboxylic acids is 1. The summed E-state index contributed by atoms with van der Waals surface area (Å²) in [6.07, 6.45) is 0. The summed E-state index contributed by atoms with van der Waals surface area (Å²) in [6, 6.07) is 17.5. The average molecular weight is 297 g/mol. The molecule has 0 heterocycles. The molecule has 0 saturated heterocycles. The molecule has 2 rings (SSSR count). The molecule has 116 valence electrons. The maximum atomic E-state index is 12.5. The van der Waals surface area contributed by atoms with Crippen molar-refractivity contribution in [2.24, 2.45) is 11.7 Å². The monoisotopic (exact) mass is 297 g/mol. The van der Waals surface area contributed by atoms with Gasteiger partial charge in [-0.05, 0) is 17.0 Å². The molecule has 1 amide bonds. The van der Waals surface area contributed by atoms with Crippen LogP contribution in [0.1, 0.15) is 32.3 Å². The van der Waals surface area contributed by atoms with Gasteiger partial charge in [-0.25, -0.2) is 0 Å². The van der Waals surface area contributed by atoms with Gasteiger partial charge in [-0.2, -0.15) is 0 Å². The molecule has 0 bridgehead atoms. The quantitative estimate of drug-likeness (QED) is 0.861. The molecule has 2 atom stereocenters. The number of carbonyl (C=O) groups is 1. The van der Waals surface area contributed by atoms with Gasteiger partial charge in [-0.1, -0.05) is 74.5 Å². The number of nitrogens with two attached hydrogens (primary N) is 1. The normalized spacial score (nSPS) is 15.7. The van der Waals surface area contributed by atoms with Crippen LogP contribution in [0.3, 0.4) is 0 Å². The number of hydrogen-bond acceptors (Lipinski definition) is 2. The minimum Gasteiger partial charge on any atom is -0.351 e. The summed E-state index contributed by atoms with van der Waals surface area (Å²) >= 11 is 0. The van der Waals surface area contributed by atoms with E-state index in [0.717, 1.165) is 11.1 Å². The predicted octanol–water partition coefficient (Wildman–Crippen LogP) is 3.07. The van der Waals surface area contributed by atoms with Crippen molar-refractivity contribution >= 4 is 5.91 Å². The zero-order valence-corrected chi connectivity index (χ0v) is 13.1. The molecular formula is C19H24N2O. The summed E-state index contributed by atoms with van der Waals surface area (Å²) < 4.78 is 8.49. The maximum Gasteiger partial charge on any atom is 0.237 e. The highest BCUT2D eigenvalue weighted by Gasteiger charge is 2.28. The van der Waals surface area contributed by atoms with Crippen LogP contribution in [0.4, 0.5) is 0 Å². The van der Waals surface area contributed by atoms with E-state index >= 15 is 0 Å². The fourth-order valence-corrected chi connectivity index (χ4v) is 2.61. The minimum absolute atomic E-state index is 0.0716. The van der Waals surface area contributed by atoms with Crippen LogP contribution in [0.2, 0.25) is 0 Å². The molecule has 0 aliphatic carbocycles. The van der Waals surface area contributed by atoms with E-state index in [1.54, 1.807) is 0 Å². The lowest BCUT2D eigenvalue weighted by atomic mass is 9.82. The number of amides is 1. The molecule has 0 saturated carbocycles. The molecule has 0 fully saturated rings. The lowest BCUT2D eigenvalue weighted by Crippen LogP contribution is -2.45. The zero-order chi connectivity index (χ0) is 16.9. The van der Waals surface area contributed by atoms with E-state index in [4.69, 9.17) is 7.10 Å². The van der Waals surface area contributed by atoms with Gasteiger partial charge < -0.3 is 11.1 Å². The molecule has 3 heteroatoms. The van der Waals surface area contributed by atoms with E-state index in [9.17, 15) is 4.79 Å². The molecule has 0 aliphatic rings. The number of rotatable bonds is 6. The molecule has 22 heavy (non-hydrogen) atoms. The first-order valence-electron chi connectivity index (χ1n) is 8.09. The third-order valence-electron chi connectivity index (χ3n) is 3.72. The smallest absolute Gasteiger partial charge is 0.237 e. The second-order valence-corrected chi connectivity index (χ2v) is 5.76. The Morgan fingerprint density at radius 1 is 1.09 bits per heavy atom. The molecule has 2 aromatic rings. The van der Waals surface area contributed by atoms with E-state index in [-0.39, 0.29) is 11.8 Å². The van der Waals surface area contributed by atoms with Gasteiger partial charge in [-0.15, -0.1) is 0 Å². The zero-order valence-electron chi connectivity index (χ0n) is 14.1. The summed E-state index contributed by atoms with van der Waals surface area (Å²) in [6.45, 7) is 4.34. The van der Waals surface area contributed by atoms with Gasteiger partial charge in [0.25, 0.3) is 0 Å². The molecule has 0 aliphatic heterocycles. The number of nitrogens with one attached hydrogen (secondary N) is 1. The Hall–Kier alpha value is -2.13. The van der Waals surface area contributed by atoms with Crippen molar-refractivity contribution in [3.05, 3.63) is 71.8 Å². The fourth-order valence-electron chi connectivity index (χ4n) is 2.61. The molecule has 0 radical (unpaired) electrons. The molecule has 0 spiro atoms. The van der Waals surface area contributed by atoms with Crippen molar-refractivity contribution in [3.63, 3.8) is 0 Å². The number of benzene rings is 2. The third-order valence-corrected chi connectivity index (χ3v) is 3.72. The highest BCUT2D eigenvalue weighted by atomic mass is 16.2. The SMILES string of the molecule is [2H]C(N)(C(=O)NCc1ccccc1)C(c1ccccc1)C(C)C. The predicted molar refractivity (Wildman–Crippen MR) is 90.3 cm³/mol. The van der Waals surface area contributed by atoms with Crippen LogP contribution >= 0.6 is 0 Å². The molecule has 0 aromatic heterocycles. The maximum absolute atomic E-state index is 12.5. The second kappa shape index (κ2) is 7.76. The van der Waals surface area contributed by atoms with Crippen LogP contribution in [-0.4, -0.2) is 11.9 Å². The van der Waals surface area contributed by atoms with Gasteiger partial charge >= 0.3 is 0 Å². The topological polar surface area (TPSA) is 55.1 Å². The van der Waals surface area contributed by atoms with E-state index in [2.05, 4.69) is 5.32 Å². The standard InChI is InChI=1S/C19H24N2O/c1-14(2)17(16-11-7-4-8-12-16)18(20)19(22)21-13-15-9-5-3-6-10-15/h3-12,14,17-18H,13,20H2,1-2H3,(H,21,22)/i18D. The van der Waals surface area contributed by atoms with Crippen LogP contribution in [0.15, 0.2) is 60.7 Å². The van der Waals surface area contributed by atoms with Crippen LogP contribution in [0.5, 0.6) is 0 Å². The van der Waals surface area contributed by atoms with Crippen molar-refractivity contribution in [3.8, 4) is 0 Å². The van der Waals surface area contributed by atoms with Crippen LogP contribution in [-0.2, 0) is 11.3 Å². The number of hydrogen-bond donors (Lipinski definition) is 2. The van der Waals surface area contributed by atoms with Crippen LogP contribution in [0, 0.1) is 5.92 Å². The van der Waals surface area contributed by atoms with Gasteiger partial charge in [0.15, 0.2) is 0 Å². The van der Waals surface area contributed by atoms with E-state index in [1.807, 2.05) is 74.5 Å². The molecule has 3 nitrogen and oxygen atoms in total. The molecule has 2 unspecified atom stereocenters. The Morgan fingerprint density at radius 2 is 1.64 bits per heavy atom. The van der Waals surface area contributed by atoms with E-state index in [1.165, 1.54) is 0 Å². The van der Waals surface area contributed by atoms with Crippen molar-refractivity contribution in [2.75, 3.05) is 0 Å². The van der Waals surface area contributed by atoms with Gasteiger partial charge in [0.2, 0.25) is 5.91 Å². The van der Waals surface area contributed by atoms with Gasteiger partial charge in [0, 0.05) is 12.5 Å². The minimum atomic E-state index is -1.72. The summed E-state index contributed by atoms with van der Waals surface area (Å²) in [5.41, 5.74) is 8.05. The van der Waals surface area contributed by atoms with E-state index in [0.29, 0.717) is 6.54 Å². The van der Waals surface area contributed by atoms with Crippen molar-refractivity contribution < 1.29 is 6.17 Å². The summed E-state index contributed by atoms with van der Waals surface area (Å²) in [5, 5.41) is 2.79. The molecule has 2 aromatic carbocycles. The average Bonchev–Trinajstić information content (AvgIpc) is 2.54. The Morgan fingerprint density at radius 3 is 2.18 bits per heavy atom. The second-order valence-electron chi connectivity index (χ2n) is 5.76. The van der Waals surface area contributed by atoms with Gasteiger partial charge in [0.1, 0.15) is 0 Å². The largest absolute Gasteiger partial charge is 0.351 e. The van der Waals surface area contributed by atoms with Gasteiger partial charge in [-0.3, -0.25) is 4.79 Å². The Bertz CT molecular complexity index is 626. The highest BCUT2D eigenvalue weighted by Crippen LogP contribution is 2.27. The van der Waals surface area contributed by atoms with Crippen LogP contribution < -0.4 is 11.1 Å².